The van der Waals surface area contributed by atoms with Crippen molar-refractivity contribution in [1.29, 1.82) is 0 Å². The molecule has 2 N–H and O–H groups in total. The number of hydrogen-bond acceptors (Lipinski definition) is 5. The average molecular weight is 506 g/mol. The number of ether oxygens (including phenoxy) is 1. The molecule has 0 aliphatic rings. The van der Waals surface area contributed by atoms with Crippen molar-refractivity contribution in [2.24, 2.45) is 5.10 Å². The van der Waals surface area contributed by atoms with E-state index in [4.69, 9.17) is 27.9 Å². The van der Waals surface area contributed by atoms with Crippen LogP contribution >= 0.6 is 23.2 Å². The first kappa shape index (κ1) is 23.9. The van der Waals surface area contributed by atoms with E-state index in [1.54, 1.807) is 42.5 Å². The van der Waals surface area contributed by atoms with E-state index in [9.17, 15) is 14.4 Å². The van der Waals surface area contributed by atoms with E-state index < -0.39 is 17.8 Å². The number of anilines is 1. The Morgan fingerprint density at radius 2 is 1.57 bits per heavy atom. The molecule has 4 aromatic rings. The Morgan fingerprint density at radius 3 is 2.34 bits per heavy atom. The first-order chi connectivity index (χ1) is 16.9. The summed E-state index contributed by atoms with van der Waals surface area (Å²) >= 11 is 11.9. The number of esters is 1. The van der Waals surface area contributed by atoms with E-state index in [0.717, 1.165) is 10.8 Å². The second kappa shape index (κ2) is 10.8. The third-order valence-corrected chi connectivity index (χ3v) is 5.41. The van der Waals surface area contributed by atoms with Crippen LogP contribution in [0.3, 0.4) is 0 Å². The lowest BCUT2D eigenvalue weighted by Gasteiger charge is -2.07. The minimum absolute atomic E-state index is 0.186. The highest BCUT2D eigenvalue weighted by Gasteiger charge is 2.15. The molecule has 0 aliphatic carbocycles. The topological polar surface area (TPSA) is 96.9 Å². The van der Waals surface area contributed by atoms with Crippen LogP contribution in [0.25, 0.3) is 10.8 Å². The summed E-state index contributed by atoms with van der Waals surface area (Å²) in [5, 5.41) is 8.75. The van der Waals surface area contributed by atoms with Crippen molar-refractivity contribution >= 4 is 63.7 Å². The lowest BCUT2D eigenvalue weighted by Crippen LogP contribution is -2.32. The van der Waals surface area contributed by atoms with Crippen molar-refractivity contribution in [2.45, 2.75) is 0 Å². The van der Waals surface area contributed by atoms with Gasteiger partial charge in [-0.1, -0.05) is 59.6 Å². The van der Waals surface area contributed by atoms with Crippen molar-refractivity contribution in [1.82, 2.24) is 5.43 Å². The number of rotatable bonds is 5. The standard InChI is InChI=1S/C26H17Cl2N3O4/c27-18-10-13-21(22(28)14-18)26(34)35-19-11-8-16(9-12-19)15-29-31-25(33)24(32)30-23-7-3-5-17-4-1-2-6-20(17)23/h1-15H,(H,30,32)(H,31,33)/b29-15-. The predicted octanol–water partition coefficient (Wildman–Crippen LogP) is 5.45. The van der Waals surface area contributed by atoms with Crippen molar-refractivity contribution in [2.75, 3.05) is 5.32 Å². The van der Waals surface area contributed by atoms with Gasteiger partial charge in [0.1, 0.15) is 5.75 Å². The minimum Gasteiger partial charge on any atom is -0.423 e. The van der Waals surface area contributed by atoms with Crippen LogP contribution < -0.4 is 15.5 Å². The summed E-state index contributed by atoms with van der Waals surface area (Å²) in [5.41, 5.74) is 3.50. The second-order valence-electron chi connectivity index (χ2n) is 7.26. The molecule has 2 amide bonds. The van der Waals surface area contributed by atoms with Gasteiger partial charge >= 0.3 is 17.8 Å². The number of fused-ring (bicyclic) bond motifs is 1. The first-order valence-electron chi connectivity index (χ1n) is 10.3. The van der Waals surface area contributed by atoms with Gasteiger partial charge in [0, 0.05) is 16.1 Å². The van der Waals surface area contributed by atoms with Gasteiger partial charge < -0.3 is 10.1 Å². The number of hydrazone groups is 1. The van der Waals surface area contributed by atoms with Gasteiger partial charge in [-0.2, -0.15) is 5.10 Å². The van der Waals surface area contributed by atoms with E-state index in [0.29, 0.717) is 16.3 Å². The fourth-order valence-corrected chi connectivity index (χ4v) is 3.65. The Balaban J connectivity index is 1.32. The molecule has 35 heavy (non-hydrogen) atoms. The molecule has 9 heteroatoms. The van der Waals surface area contributed by atoms with Crippen LogP contribution in [-0.4, -0.2) is 24.0 Å². The van der Waals surface area contributed by atoms with Crippen molar-refractivity contribution in [3.8, 4) is 5.75 Å². The van der Waals surface area contributed by atoms with Gasteiger partial charge in [-0.3, -0.25) is 9.59 Å². The van der Waals surface area contributed by atoms with Crippen LogP contribution in [0.5, 0.6) is 5.75 Å². The minimum atomic E-state index is -0.917. The molecule has 0 spiro atoms. The Kier molecular flexibility index (Phi) is 7.40. The smallest absolute Gasteiger partial charge is 0.345 e. The van der Waals surface area contributed by atoms with E-state index >= 15 is 0 Å². The summed E-state index contributed by atoms with van der Waals surface area (Å²) in [5.74, 6) is -2.10. The SMILES string of the molecule is O=C(N/N=C\c1ccc(OC(=O)c2ccc(Cl)cc2Cl)cc1)C(=O)Nc1cccc2ccccc12. The van der Waals surface area contributed by atoms with E-state index in [-0.39, 0.29) is 16.3 Å². The van der Waals surface area contributed by atoms with Gasteiger partial charge in [0.05, 0.1) is 16.8 Å². The molecule has 0 fully saturated rings. The van der Waals surface area contributed by atoms with Crippen molar-refractivity contribution < 1.29 is 19.1 Å². The number of nitrogens with one attached hydrogen (secondary N) is 2. The number of carbonyl (C=O) groups is 3. The highest BCUT2D eigenvalue weighted by Crippen LogP contribution is 2.24. The van der Waals surface area contributed by atoms with Gasteiger partial charge in [-0.25, -0.2) is 10.2 Å². The van der Waals surface area contributed by atoms with Crippen molar-refractivity contribution in [3.05, 3.63) is 106 Å². The molecule has 0 aromatic heterocycles. The van der Waals surface area contributed by atoms with Crippen LogP contribution in [0.4, 0.5) is 5.69 Å². The molecule has 0 heterocycles. The van der Waals surface area contributed by atoms with E-state index in [1.807, 2.05) is 30.3 Å². The zero-order chi connectivity index (χ0) is 24.8. The Hall–Kier alpha value is -4.20. The molecule has 0 bridgehead atoms. The number of benzene rings is 4. The normalized spacial score (nSPS) is 10.8. The highest BCUT2D eigenvalue weighted by atomic mass is 35.5. The van der Waals surface area contributed by atoms with Gasteiger partial charge in [-0.05, 0) is 59.5 Å². The fraction of sp³-hybridized carbons (Fsp3) is 0. The van der Waals surface area contributed by atoms with Crippen LogP contribution in [0, 0.1) is 0 Å². The Morgan fingerprint density at radius 1 is 0.829 bits per heavy atom. The summed E-state index contributed by atoms with van der Waals surface area (Å²) < 4.78 is 5.30. The lowest BCUT2D eigenvalue weighted by atomic mass is 10.1. The Bertz CT molecular complexity index is 1450. The summed E-state index contributed by atoms with van der Waals surface area (Å²) in [7, 11) is 0. The highest BCUT2D eigenvalue weighted by molar-refractivity contribution is 6.40. The van der Waals surface area contributed by atoms with Crippen molar-refractivity contribution in [3.63, 3.8) is 0 Å². The maximum Gasteiger partial charge on any atom is 0.345 e. The third kappa shape index (κ3) is 6.03. The molecule has 0 saturated carbocycles. The molecule has 7 nitrogen and oxygen atoms in total. The number of nitrogens with zero attached hydrogens (tertiary/aromatic N) is 1. The maximum atomic E-state index is 12.3. The Labute approximate surface area is 210 Å². The lowest BCUT2D eigenvalue weighted by molar-refractivity contribution is -0.136. The quantitative estimate of drug-likeness (QED) is 0.124. The number of carbonyl (C=O) groups excluding carboxylic acids is 3. The van der Waals surface area contributed by atoms with Crippen LogP contribution in [-0.2, 0) is 9.59 Å². The molecular weight excluding hydrogens is 489 g/mol. The van der Waals surface area contributed by atoms with Crippen LogP contribution in [0.2, 0.25) is 10.0 Å². The summed E-state index contributed by atoms with van der Waals surface area (Å²) in [6.45, 7) is 0. The number of halogens is 2. The predicted molar refractivity (Wildman–Crippen MR) is 136 cm³/mol. The maximum absolute atomic E-state index is 12.3. The number of amides is 2. The summed E-state index contributed by atoms with van der Waals surface area (Å²) in [6, 6.07) is 23.7. The van der Waals surface area contributed by atoms with Gasteiger partial charge in [0.15, 0.2) is 0 Å². The van der Waals surface area contributed by atoms with Gasteiger partial charge in [-0.15, -0.1) is 0 Å². The van der Waals surface area contributed by atoms with E-state index in [1.165, 1.54) is 18.3 Å². The molecule has 0 aliphatic heterocycles. The fourth-order valence-electron chi connectivity index (χ4n) is 3.17. The molecular formula is C26H17Cl2N3O4. The largest absolute Gasteiger partial charge is 0.423 e. The second-order valence-corrected chi connectivity index (χ2v) is 8.11. The molecule has 0 atom stereocenters. The molecule has 4 aromatic carbocycles. The van der Waals surface area contributed by atoms with Gasteiger partial charge in [0.25, 0.3) is 0 Å². The molecule has 0 radical (unpaired) electrons. The number of hydrogen-bond donors (Lipinski definition) is 2. The van der Waals surface area contributed by atoms with E-state index in [2.05, 4.69) is 15.8 Å². The van der Waals surface area contributed by atoms with Crippen LogP contribution in [0.15, 0.2) is 90.0 Å². The molecule has 174 valence electrons. The van der Waals surface area contributed by atoms with Gasteiger partial charge in [0.2, 0.25) is 0 Å². The zero-order valence-electron chi connectivity index (χ0n) is 18.0. The monoisotopic (exact) mass is 505 g/mol. The third-order valence-electron chi connectivity index (χ3n) is 4.87. The molecule has 0 unspecified atom stereocenters. The summed E-state index contributed by atoms with van der Waals surface area (Å²) in [4.78, 5) is 36.6. The van der Waals surface area contributed by atoms with Crippen LogP contribution in [0.1, 0.15) is 15.9 Å². The summed E-state index contributed by atoms with van der Waals surface area (Å²) in [6.07, 6.45) is 1.35. The zero-order valence-corrected chi connectivity index (χ0v) is 19.5. The molecule has 4 rings (SSSR count). The first-order valence-corrected chi connectivity index (χ1v) is 11.1. The average Bonchev–Trinajstić information content (AvgIpc) is 2.85. The molecule has 0 saturated heterocycles.